The van der Waals surface area contributed by atoms with Crippen LogP contribution in [0.4, 0.5) is 11.5 Å². The molecule has 3 rings (SSSR count). The topological polar surface area (TPSA) is 108 Å². The number of rotatable bonds is 7. The first-order valence-corrected chi connectivity index (χ1v) is 9.94. The number of nitrogens with zero attached hydrogens (tertiary/aromatic N) is 1. The third-order valence-electron chi connectivity index (χ3n) is 4.09. The van der Waals surface area contributed by atoms with Crippen LogP contribution in [0.2, 0.25) is 0 Å². The van der Waals surface area contributed by atoms with E-state index in [9.17, 15) is 19.5 Å². The first-order chi connectivity index (χ1) is 14.4. The summed E-state index contributed by atoms with van der Waals surface area (Å²) in [4.78, 5) is 41.1. The van der Waals surface area contributed by atoms with Gasteiger partial charge >= 0.3 is 5.97 Å². The maximum Gasteiger partial charge on any atom is 0.336 e. The first-order valence-electron chi connectivity index (χ1n) is 9.06. The quantitative estimate of drug-likeness (QED) is 0.495. The Hall–Kier alpha value is -3.65. The molecule has 0 aliphatic heterocycles. The Labute approximate surface area is 177 Å². The third kappa shape index (κ3) is 5.45. The van der Waals surface area contributed by atoms with E-state index in [1.165, 1.54) is 23.9 Å². The summed E-state index contributed by atoms with van der Waals surface area (Å²) >= 11 is 1.33. The summed E-state index contributed by atoms with van der Waals surface area (Å²) in [7, 11) is 0. The summed E-state index contributed by atoms with van der Waals surface area (Å²) in [5, 5.41) is 14.3. The number of carboxylic acids is 1. The number of aromatic nitrogens is 1. The predicted octanol–water partition coefficient (Wildman–Crippen LogP) is 4.15. The van der Waals surface area contributed by atoms with Gasteiger partial charge in [0.2, 0.25) is 5.91 Å². The number of benzene rings is 2. The van der Waals surface area contributed by atoms with Crippen molar-refractivity contribution in [1.82, 2.24) is 4.98 Å². The maximum atomic E-state index is 12.5. The van der Waals surface area contributed by atoms with Crippen LogP contribution in [0.1, 0.15) is 27.6 Å². The number of pyridine rings is 1. The van der Waals surface area contributed by atoms with Gasteiger partial charge in [0.25, 0.3) is 5.91 Å². The SMILES string of the molecule is CC(Sc1cccc(NC(=O)c2ccccc2C(=O)O)c1)C(=O)Nc1ccccn1. The second-order valence-electron chi connectivity index (χ2n) is 6.30. The van der Waals surface area contributed by atoms with Crippen LogP contribution in [-0.2, 0) is 4.79 Å². The minimum absolute atomic E-state index is 0.0691. The molecule has 0 aliphatic rings. The van der Waals surface area contributed by atoms with Gasteiger partial charge in [-0.25, -0.2) is 9.78 Å². The summed E-state index contributed by atoms with van der Waals surface area (Å²) in [6, 6.07) is 18.3. The average molecular weight is 421 g/mol. The molecule has 2 amide bonds. The van der Waals surface area contributed by atoms with Gasteiger partial charge in [0.05, 0.1) is 16.4 Å². The monoisotopic (exact) mass is 421 g/mol. The van der Waals surface area contributed by atoms with Gasteiger partial charge in [-0.05, 0) is 49.4 Å². The zero-order chi connectivity index (χ0) is 21.5. The molecule has 0 spiro atoms. The number of hydrogen-bond acceptors (Lipinski definition) is 5. The fraction of sp³-hybridized carbons (Fsp3) is 0.0909. The Kier molecular flexibility index (Phi) is 6.82. The highest BCUT2D eigenvalue weighted by Crippen LogP contribution is 2.27. The van der Waals surface area contributed by atoms with E-state index in [0.29, 0.717) is 11.5 Å². The third-order valence-corrected chi connectivity index (χ3v) is 5.19. The smallest absolute Gasteiger partial charge is 0.336 e. The minimum Gasteiger partial charge on any atom is -0.478 e. The molecule has 0 saturated carbocycles. The number of carbonyl (C=O) groups is 3. The minimum atomic E-state index is -1.17. The van der Waals surface area contributed by atoms with Gasteiger partial charge in [0.1, 0.15) is 5.82 Å². The Morgan fingerprint density at radius 3 is 2.37 bits per heavy atom. The van der Waals surface area contributed by atoms with Gasteiger partial charge in [-0.2, -0.15) is 0 Å². The number of aromatic carboxylic acids is 1. The molecule has 30 heavy (non-hydrogen) atoms. The second kappa shape index (κ2) is 9.71. The van der Waals surface area contributed by atoms with E-state index in [1.807, 2.05) is 6.07 Å². The molecular weight excluding hydrogens is 402 g/mol. The molecule has 152 valence electrons. The van der Waals surface area contributed by atoms with Crippen molar-refractivity contribution in [3.63, 3.8) is 0 Å². The van der Waals surface area contributed by atoms with Crippen molar-refractivity contribution in [2.24, 2.45) is 0 Å². The molecule has 1 unspecified atom stereocenters. The summed E-state index contributed by atoms with van der Waals surface area (Å²) < 4.78 is 0. The van der Waals surface area contributed by atoms with Gasteiger partial charge in [0, 0.05) is 16.8 Å². The van der Waals surface area contributed by atoms with E-state index in [-0.39, 0.29) is 17.0 Å². The Morgan fingerprint density at radius 1 is 0.933 bits per heavy atom. The van der Waals surface area contributed by atoms with Crippen molar-refractivity contribution < 1.29 is 19.5 Å². The summed E-state index contributed by atoms with van der Waals surface area (Å²) in [5.41, 5.74) is 0.508. The molecule has 8 heteroatoms. The summed E-state index contributed by atoms with van der Waals surface area (Å²) in [6.07, 6.45) is 1.60. The average Bonchev–Trinajstić information content (AvgIpc) is 2.74. The number of nitrogens with one attached hydrogen (secondary N) is 2. The molecule has 0 aliphatic carbocycles. The van der Waals surface area contributed by atoms with Crippen molar-refractivity contribution in [3.05, 3.63) is 84.1 Å². The lowest BCUT2D eigenvalue weighted by Gasteiger charge is -2.13. The standard InChI is InChI=1S/C22H19N3O4S/c1-14(20(26)25-19-11-4-5-12-23-19)30-16-8-6-7-15(13-16)24-21(27)17-9-2-3-10-18(17)22(28)29/h2-14H,1H3,(H,24,27)(H,28,29)(H,23,25,26). The summed E-state index contributed by atoms with van der Waals surface area (Å²) in [6.45, 7) is 1.78. The predicted molar refractivity (Wildman–Crippen MR) is 116 cm³/mol. The molecule has 3 aromatic rings. The van der Waals surface area contributed by atoms with Crippen LogP contribution >= 0.6 is 11.8 Å². The Bertz CT molecular complexity index is 1070. The van der Waals surface area contributed by atoms with Crippen molar-refractivity contribution in [1.29, 1.82) is 0 Å². The molecular formula is C22H19N3O4S. The van der Waals surface area contributed by atoms with Crippen molar-refractivity contribution >= 4 is 41.1 Å². The number of amides is 2. The highest BCUT2D eigenvalue weighted by molar-refractivity contribution is 8.00. The largest absolute Gasteiger partial charge is 0.478 e. The zero-order valence-corrected chi connectivity index (χ0v) is 16.8. The van der Waals surface area contributed by atoms with E-state index in [4.69, 9.17) is 0 Å². The highest BCUT2D eigenvalue weighted by atomic mass is 32.2. The van der Waals surface area contributed by atoms with Crippen LogP contribution in [0.5, 0.6) is 0 Å². The zero-order valence-electron chi connectivity index (χ0n) is 16.0. The molecule has 1 aromatic heterocycles. The van der Waals surface area contributed by atoms with Crippen molar-refractivity contribution in [3.8, 4) is 0 Å². The number of anilines is 2. The second-order valence-corrected chi connectivity index (χ2v) is 7.71. The molecule has 7 nitrogen and oxygen atoms in total. The molecule has 1 heterocycles. The van der Waals surface area contributed by atoms with Gasteiger partial charge in [-0.15, -0.1) is 11.8 Å². The van der Waals surface area contributed by atoms with E-state index in [2.05, 4.69) is 15.6 Å². The highest BCUT2D eigenvalue weighted by Gasteiger charge is 2.17. The molecule has 2 aromatic carbocycles. The van der Waals surface area contributed by atoms with Crippen molar-refractivity contribution in [2.75, 3.05) is 10.6 Å². The molecule has 1 atom stereocenters. The van der Waals surface area contributed by atoms with Crippen molar-refractivity contribution in [2.45, 2.75) is 17.1 Å². The van der Waals surface area contributed by atoms with E-state index in [1.54, 1.807) is 61.7 Å². The van der Waals surface area contributed by atoms with E-state index < -0.39 is 17.1 Å². The molecule has 0 radical (unpaired) electrons. The first kappa shape index (κ1) is 21.1. The summed E-state index contributed by atoms with van der Waals surface area (Å²) in [5.74, 6) is -1.40. The lowest BCUT2D eigenvalue weighted by molar-refractivity contribution is -0.115. The van der Waals surface area contributed by atoms with Crippen LogP contribution in [0.15, 0.2) is 77.8 Å². The Morgan fingerprint density at radius 2 is 1.67 bits per heavy atom. The molecule has 3 N–H and O–H groups in total. The van der Waals surface area contributed by atoms with Gasteiger partial charge < -0.3 is 15.7 Å². The molecule has 0 saturated heterocycles. The van der Waals surface area contributed by atoms with Crippen LogP contribution in [0.25, 0.3) is 0 Å². The van der Waals surface area contributed by atoms with Crippen LogP contribution < -0.4 is 10.6 Å². The van der Waals surface area contributed by atoms with Gasteiger partial charge in [0.15, 0.2) is 0 Å². The normalized spacial score (nSPS) is 11.4. The van der Waals surface area contributed by atoms with E-state index in [0.717, 1.165) is 4.90 Å². The fourth-order valence-electron chi connectivity index (χ4n) is 2.64. The number of hydrogen-bond donors (Lipinski definition) is 3. The fourth-order valence-corrected chi connectivity index (χ4v) is 3.56. The number of carboxylic acid groups (broad SMARTS) is 1. The van der Waals surface area contributed by atoms with Crippen LogP contribution in [-0.4, -0.2) is 33.1 Å². The van der Waals surface area contributed by atoms with Gasteiger partial charge in [-0.1, -0.05) is 24.3 Å². The lowest BCUT2D eigenvalue weighted by atomic mass is 10.1. The van der Waals surface area contributed by atoms with Crippen LogP contribution in [0, 0.1) is 0 Å². The lowest BCUT2D eigenvalue weighted by Crippen LogP contribution is -2.22. The van der Waals surface area contributed by atoms with E-state index >= 15 is 0 Å². The van der Waals surface area contributed by atoms with Gasteiger partial charge in [-0.3, -0.25) is 9.59 Å². The number of carbonyl (C=O) groups excluding carboxylic acids is 2. The number of thioether (sulfide) groups is 1. The van der Waals surface area contributed by atoms with Crippen LogP contribution in [0.3, 0.4) is 0 Å². The maximum absolute atomic E-state index is 12.5. The molecule has 0 bridgehead atoms. The molecule has 0 fully saturated rings. The Balaban J connectivity index is 1.67.